The van der Waals surface area contributed by atoms with Crippen molar-refractivity contribution in [3.63, 3.8) is 0 Å². The van der Waals surface area contributed by atoms with E-state index >= 15 is 0 Å². The highest BCUT2D eigenvalue weighted by molar-refractivity contribution is 5.41. The highest BCUT2D eigenvalue weighted by Crippen LogP contribution is 2.25. The maximum absolute atomic E-state index is 13.3. The van der Waals surface area contributed by atoms with Gasteiger partial charge in [0.15, 0.2) is 0 Å². The first-order chi connectivity index (χ1) is 8.54. The van der Waals surface area contributed by atoms with Crippen LogP contribution in [0.25, 0.3) is 0 Å². The van der Waals surface area contributed by atoms with Crippen LogP contribution >= 0.6 is 0 Å². The Morgan fingerprint density at radius 2 is 1.94 bits per heavy atom. The third-order valence-corrected chi connectivity index (χ3v) is 3.96. The number of nitrogens with zero attached hydrogens (tertiary/aromatic N) is 1. The van der Waals surface area contributed by atoms with E-state index in [1.807, 2.05) is 6.07 Å². The first-order valence-corrected chi connectivity index (χ1v) is 6.82. The van der Waals surface area contributed by atoms with Gasteiger partial charge in [0.05, 0.1) is 0 Å². The average Bonchev–Trinajstić information content (AvgIpc) is 2.28. The number of rotatable bonds is 3. The van der Waals surface area contributed by atoms with Gasteiger partial charge >= 0.3 is 0 Å². The quantitative estimate of drug-likeness (QED) is 0.834. The fraction of sp³-hybridized carbons (Fsp3) is 0.600. The Kier molecular flexibility index (Phi) is 4.23. The van der Waals surface area contributed by atoms with Crippen molar-refractivity contribution in [1.29, 1.82) is 0 Å². The Morgan fingerprint density at radius 1 is 1.28 bits per heavy atom. The number of likely N-dealkylation sites (tertiary alicyclic amines) is 1. The molecule has 0 aromatic heterocycles. The van der Waals surface area contributed by atoms with Crippen molar-refractivity contribution in [2.24, 2.45) is 11.8 Å². The predicted molar refractivity (Wildman–Crippen MR) is 73.7 cm³/mol. The molecular formula is C15H23FN2. The number of anilines is 1. The molecule has 1 aromatic carbocycles. The topological polar surface area (TPSA) is 29.3 Å². The zero-order valence-corrected chi connectivity index (χ0v) is 11.3. The van der Waals surface area contributed by atoms with Crippen LogP contribution in [0.4, 0.5) is 10.1 Å². The Balaban J connectivity index is 1.91. The van der Waals surface area contributed by atoms with Gasteiger partial charge < -0.3 is 5.73 Å². The number of hydrogen-bond donors (Lipinski definition) is 1. The third kappa shape index (κ3) is 3.45. The Bertz CT molecular complexity index is 375. The summed E-state index contributed by atoms with van der Waals surface area (Å²) >= 11 is 0. The van der Waals surface area contributed by atoms with Crippen molar-refractivity contribution >= 4 is 5.69 Å². The molecule has 0 radical (unpaired) electrons. The lowest BCUT2D eigenvalue weighted by atomic mass is 9.86. The molecule has 2 N–H and O–H groups in total. The second kappa shape index (κ2) is 5.70. The Morgan fingerprint density at radius 3 is 2.50 bits per heavy atom. The van der Waals surface area contributed by atoms with Crippen LogP contribution in [0.5, 0.6) is 0 Å². The number of hydrogen-bond acceptors (Lipinski definition) is 2. The molecule has 0 unspecified atom stereocenters. The third-order valence-electron chi connectivity index (χ3n) is 3.96. The van der Waals surface area contributed by atoms with E-state index in [0.717, 1.165) is 37.0 Å². The Labute approximate surface area is 109 Å². The zero-order chi connectivity index (χ0) is 13.1. The second-order valence-corrected chi connectivity index (χ2v) is 5.75. The molecule has 0 saturated carbocycles. The summed E-state index contributed by atoms with van der Waals surface area (Å²) in [5, 5.41) is 0. The summed E-state index contributed by atoms with van der Waals surface area (Å²) in [6.45, 7) is 7.63. The van der Waals surface area contributed by atoms with Crippen LogP contribution in [-0.2, 0) is 6.54 Å². The van der Waals surface area contributed by atoms with E-state index in [0.29, 0.717) is 5.69 Å². The van der Waals surface area contributed by atoms with E-state index in [1.54, 1.807) is 6.07 Å². The second-order valence-electron chi connectivity index (χ2n) is 5.75. The fourth-order valence-electron chi connectivity index (χ4n) is 2.80. The molecule has 0 aliphatic carbocycles. The predicted octanol–water partition coefficient (Wildman–Crippen LogP) is 3.28. The zero-order valence-electron chi connectivity index (χ0n) is 11.3. The largest absolute Gasteiger partial charge is 0.399 e. The summed E-state index contributed by atoms with van der Waals surface area (Å²) in [7, 11) is 0. The summed E-state index contributed by atoms with van der Waals surface area (Å²) < 4.78 is 13.3. The molecule has 2 rings (SSSR count). The summed E-state index contributed by atoms with van der Waals surface area (Å²) in [6, 6.07) is 4.83. The molecular weight excluding hydrogens is 227 g/mol. The molecule has 0 spiro atoms. The van der Waals surface area contributed by atoms with Gasteiger partial charge in [-0.3, -0.25) is 4.90 Å². The maximum atomic E-state index is 13.3. The van der Waals surface area contributed by atoms with Gasteiger partial charge in [0.2, 0.25) is 0 Å². The van der Waals surface area contributed by atoms with E-state index in [4.69, 9.17) is 5.73 Å². The van der Waals surface area contributed by atoms with Crippen LogP contribution in [0.3, 0.4) is 0 Å². The minimum absolute atomic E-state index is 0.234. The molecule has 1 aromatic rings. The van der Waals surface area contributed by atoms with Crippen molar-refractivity contribution in [3.05, 3.63) is 29.6 Å². The molecule has 0 amide bonds. The van der Waals surface area contributed by atoms with Gasteiger partial charge in [-0.1, -0.05) is 13.8 Å². The Hall–Kier alpha value is -1.09. The lowest BCUT2D eigenvalue weighted by Gasteiger charge is -2.33. The average molecular weight is 250 g/mol. The van der Waals surface area contributed by atoms with Gasteiger partial charge in [-0.05, 0) is 61.5 Å². The summed E-state index contributed by atoms with van der Waals surface area (Å²) in [5.41, 5.74) is 7.17. The molecule has 0 bridgehead atoms. The fourth-order valence-corrected chi connectivity index (χ4v) is 2.80. The highest BCUT2D eigenvalue weighted by atomic mass is 19.1. The van der Waals surface area contributed by atoms with Gasteiger partial charge in [0.1, 0.15) is 5.82 Å². The minimum Gasteiger partial charge on any atom is -0.399 e. The number of nitrogens with two attached hydrogens (primary N) is 1. The van der Waals surface area contributed by atoms with Crippen LogP contribution < -0.4 is 5.73 Å². The normalized spacial score (nSPS) is 18.4. The van der Waals surface area contributed by atoms with Crippen molar-refractivity contribution in [2.75, 3.05) is 18.8 Å². The van der Waals surface area contributed by atoms with E-state index in [9.17, 15) is 4.39 Å². The van der Waals surface area contributed by atoms with E-state index < -0.39 is 0 Å². The highest BCUT2D eigenvalue weighted by Gasteiger charge is 2.21. The lowest BCUT2D eigenvalue weighted by molar-refractivity contribution is 0.152. The molecule has 0 atom stereocenters. The lowest BCUT2D eigenvalue weighted by Crippen LogP contribution is -2.34. The number of halogens is 1. The van der Waals surface area contributed by atoms with Gasteiger partial charge in [-0.2, -0.15) is 0 Å². The van der Waals surface area contributed by atoms with E-state index in [2.05, 4.69) is 18.7 Å². The van der Waals surface area contributed by atoms with Gasteiger partial charge in [0, 0.05) is 12.2 Å². The summed E-state index contributed by atoms with van der Waals surface area (Å²) in [6.07, 6.45) is 2.50. The first-order valence-electron chi connectivity index (χ1n) is 6.82. The maximum Gasteiger partial charge on any atom is 0.125 e. The molecule has 3 heteroatoms. The number of nitrogen functional groups attached to an aromatic ring is 1. The molecule has 100 valence electrons. The van der Waals surface area contributed by atoms with Crippen molar-refractivity contribution in [2.45, 2.75) is 33.2 Å². The number of benzene rings is 1. The SMILES string of the molecule is CC(C)C1CCN(Cc2cc(N)cc(F)c2)CC1. The summed E-state index contributed by atoms with van der Waals surface area (Å²) in [5.74, 6) is 1.39. The van der Waals surface area contributed by atoms with Crippen molar-refractivity contribution in [3.8, 4) is 0 Å². The van der Waals surface area contributed by atoms with Crippen molar-refractivity contribution < 1.29 is 4.39 Å². The monoisotopic (exact) mass is 250 g/mol. The smallest absolute Gasteiger partial charge is 0.125 e. The van der Waals surface area contributed by atoms with Crippen LogP contribution in [-0.4, -0.2) is 18.0 Å². The standard InChI is InChI=1S/C15H23FN2/c1-11(2)13-3-5-18(6-4-13)10-12-7-14(16)9-15(17)8-12/h7-9,11,13H,3-6,10,17H2,1-2H3. The molecule has 2 nitrogen and oxygen atoms in total. The molecule has 1 fully saturated rings. The van der Waals surface area contributed by atoms with E-state index in [1.165, 1.54) is 18.9 Å². The van der Waals surface area contributed by atoms with Gasteiger partial charge in [0.25, 0.3) is 0 Å². The van der Waals surface area contributed by atoms with Crippen LogP contribution in [0.2, 0.25) is 0 Å². The summed E-state index contributed by atoms with van der Waals surface area (Å²) in [4.78, 5) is 2.40. The van der Waals surface area contributed by atoms with Gasteiger partial charge in [-0.15, -0.1) is 0 Å². The molecule has 18 heavy (non-hydrogen) atoms. The molecule has 1 aliphatic heterocycles. The van der Waals surface area contributed by atoms with Crippen LogP contribution in [0.15, 0.2) is 18.2 Å². The van der Waals surface area contributed by atoms with Crippen molar-refractivity contribution in [1.82, 2.24) is 4.90 Å². The first kappa shape index (κ1) is 13.3. The minimum atomic E-state index is -0.234. The molecule has 1 heterocycles. The molecule has 1 saturated heterocycles. The van der Waals surface area contributed by atoms with Crippen LogP contribution in [0.1, 0.15) is 32.3 Å². The van der Waals surface area contributed by atoms with Gasteiger partial charge in [-0.25, -0.2) is 4.39 Å². The molecule has 1 aliphatic rings. The number of piperidine rings is 1. The van der Waals surface area contributed by atoms with E-state index in [-0.39, 0.29) is 5.82 Å². The van der Waals surface area contributed by atoms with Crippen LogP contribution in [0, 0.1) is 17.7 Å².